The lowest BCUT2D eigenvalue weighted by Crippen LogP contribution is -2.25. The molecule has 3 aliphatic rings. The molecule has 6 heterocycles. The fourth-order valence-corrected chi connectivity index (χ4v) is 6.27. The SMILES string of the molecule is COc1nn(C)cc1-c1[nH]c2ncc3c4c2c1-c1ccc(cc1)C(F)CCO[C@H]1CCC(C1)n4c(=O)n3C. The Bertz CT molecular complexity index is 1740. The normalized spacial score (nSPS) is 21.4. The lowest BCUT2D eigenvalue weighted by Gasteiger charge is -2.15. The number of rotatable bonds is 2. The largest absolute Gasteiger partial charge is 0.479 e. The van der Waals surface area contributed by atoms with Gasteiger partial charge in [-0.15, -0.1) is 5.10 Å². The molecule has 9 nitrogen and oxygen atoms in total. The van der Waals surface area contributed by atoms with Crippen LogP contribution in [0.4, 0.5) is 4.39 Å². The highest BCUT2D eigenvalue weighted by Gasteiger charge is 2.32. The summed E-state index contributed by atoms with van der Waals surface area (Å²) >= 11 is 0. The van der Waals surface area contributed by atoms with Crippen molar-refractivity contribution in [2.75, 3.05) is 13.7 Å². The zero-order valence-electron chi connectivity index (χ0n) is 21.6. The van der Waals surface area contributed by atoms with E-state index >= 15 is 4.39 Å². The Kier molecular flexibility index (Phi) is 5.23. The smallest absolute Gasteiger partial charge is 0.329 e. The summed E-state index contributed by atoms with van der Waals surface area (Å²) in [5.74, 6) is 0.476. The molecule has 1 aromatic carbocycles. The van der Waals surface area contributed by atoms with Crippen molar-refractivity contribution in [2.45, 2.75) is 44.0 Å². The number of fused-ring (bicyclic) bond motifs is 5. The van der Waals surface area contributed by atoms with Gasteiger partial charge < -0.3 is 14.5 Å². The number of H-pyrrole nitrogens is 1. The first-order valence-electron chi connectivity index (χ1n) is 13.0. The van der Waals surface area contributed by atoms with Crippen molar-refractivity contribution in [3.05, 3.63) is 52.7 Å². The van der Waals surface area contributed by atoms with Gasteiger partial charge in [-0.2, -0.15) is 0 Å². The highest BCUT2D eigenvalue weighted by molar-refractivity contribution is 6.14. The number of methoxy groups -OCH3 is 1. The van der Waals surface area contributed by atoms with Crippen molar-refractivity contribution in [2.24, 2.45) is 14.1 Å². The first-order chi connectivity index (χ1) is 18.4. The minimum absolute atomic E-state index is 0.000455. The van der Waals surface area contributed by atoms with E-state index in [1.807, 2.05) is 42.1 Å². The number of benzene rings is 1. The summed E-state index contributed by atoms with van der Waals surface area (Å²) in [6.45, 7) is 0.351. The van der Waals surface area contributed by atoms with Crippen LogP contribution in [-0.2, 0) is 18.8 Å². The molecule has 4 bridgehead atoms. The predicted octanol–water partition coefficient (Wildman–Crippen LogP) is 4.82. The van der Waals surface area contributed by atoms with Crippen molar-refractivity contribution < 1.29 is 13.9 Å². The molecule has 196 valence electrons. The molecule has 0 radical (unpaired) electrons. The van der Waals surface area contributed by atoms with Crippen molar-refractivity contribution in [1.29, 1.82) is 0 Å². The second-order valence-electron chi connectivity index (χ2n) is 10.4. The van der Waals surface area contributed by atoms with E-state index in [2.05, 4.69) is 10.1 Å². The van der Waals surface area contributed by atoms with E-state index < -0.39 is 6.17 Å². The maximum absolute atomic E-state index is 15.1. The van der Waals surface area contributed by atoms with E-state index in [9.17, 15) is 4.79 Å². The standard InChI is InChI=1S/C28H29FN6O3/c1-33-14-19(27(32-33)37-3)24-22-16-6-4-15(5-7-16)20(29)10-11-38-18-9-8-17(12-18)35-25-21(34(2)28(35)36)13-30-26(31-24)23(22)25/h4-7,13-14,17-18,20H,8-12H2,1-3H3,(H,30,31)/t17?,18-,20?/m0/s1. The number of hydrogen-bond donors (Lipinski definition) is 1. The van der Waals surface area contributed by atoms with Crippen LogP contribution >= 0.6 is 0 Å². The molecule has 2 aliphatic heterocycles. The van der Waals surface area contributed by atoms with Gasteiger partial charge >= 0.3 is 5.69 Å². The number of ether oxygens (including phenoxy) is 2. The number of aromatic amines is 1. The van der Waals surface area contributed by atoms with Gasteiger partial charge in [-0.1, -0.05) is 24.3 Å². The summed E-state index contributed by atoms with van der Waals surface area (Å²) in [4.78, 5) is 21.9. The van der Waals surface area contributed by atoms with Gasteiger partial charge in [0.1, 0.15) is 11.8 Å². The molecule has 1 fully saturated rings. The summed E-state index contributed by atoms with van der Waals surface area (Å²) in [6, 6.07) is 7.52. The topological polar surface area (TPSA) is 91.9 Å². The van der Waals surface area contributed by atoms with Crippen LogP contribution in [-0.4, -0.2) is 48.7 Å². The number of pyridine rings is 1. The number of imidazole rings is 1. The molecule has 8 rings (SSSR count). The van der Waals surface area contributed by atoms with Gasteiger partial charge in [0, 0.05) is 38.3 Å². The molecule has 1 N–H and O–H groups in total. The van der Waals surface area contributed by atoms with Crippen LogP contribution in [0.1, 0.15) is 43.5 Å². The van der Waals surface area contributed by atoms with Gasteiger partial charge in [0.15, 0.2) is 0 Å². The molecule has 1 aliphatic carbocycles. The van der Waals surface area contributed by atoms with E-state index in [0.717, 1.165) is 51.6 Å². The molecule has 1 saturated carbocycles. The van der Waals surface area contributed by atoms with E-state index in [0.29, 0.717) is 36.5 Å². The van der Waals surface area contributed by atoms with Gasteiger partial charge in [-0.05, 0) is 30.4 Å². The molecule has 5 aromatic rings. The fraction of sp³-hybridized carbons (Fsp3) is 0.393. The van der Waals surface area contributed by atoms with Crippen molar-refractivity contribution >= 4 is 22.1 Å². The van der Waals surface area contributed by atoms with E-state index in [-0.39, 0.29) is 17.8 Å². The average molecular weight is 517 g/mol. The first-order valence-corrected chi connectivity index (χ1v) is 13.0. The van der Waals surface area contributed by atoms with Crippen LogP contribution in [0.3, 0.4) is 0 Å². The lowest BCUT2D eigenvalue weighted by molar-refractivity contribution is 0.0431. The van der Waals surface area contributed by atoms with Crippen LogP contribution in [0.5, 0.6) is 5.88 Å². The number of nitrogens with one attached hydrogen (secondary N) is 1. The van der Waals surface area contributed by atoms with E-state index in [1.54, 1.807) is 29.6 Å². The Morgan fingerprint density at radius 1 is 1.16 bits per heavy atom. The predicted molar refractivity (Wildman–Crippen MR) is 142 cm³/mol. The van der Waals surface area contributed by atoms with Gasteiger partial charge in [-0.3, -0.25) is 13.8 Å². The Morgan fingerprint density at radius 2 is 1.97 bits per heavy atom. The van der Waals surface area contributed by atoms with Crippen LogP contribution in [0.15, 0.2) is 41.5 Å². The molecule has 0 amide bonds. The maximum atomic E-state index is 15.1. The Morgan fingerprint density at radius 3 is 2.76 bits per heavy atom. The van der Waals surface area contributed by atoms with Gasteiger partial charge in [0.2, 0.25) is 5.88 Å². The van der Waals surface area contributed by atoms with E-state index in [4.69, 9.17) is 14.5 Å². The molecule has 0 saturated heterocycles. The van der Waals surface area contributed by atoms with Gasteiger partial charge in [0.05, 0.1) is 53.7 Å². The Hall–Kier alpha value is -3.92. The van der Waals surface area contributed by atoms with Crippen LogP contribution in [0.25, 0.3) is 44.5 Å². The third-order valence-electron chi connectivity index (χ3n) is 8.14. The van der Waals surface area contributed by atoms with E-state index in [1.165, 1.54) is 0 Å². The van der Waals surface area contributed by atoms with Crippen LogP contribution < -0.4 is 10.4 Å². The molecule has 4 aromatic heterocycles. The summed E-state index contributed by atoms with van der Waals surface area (Å²) < 4.78 is 32.1. The molecular weight excluding hydrogens is 487 g/mol. The first kappa shape index (κ1) is 23.2. The third-order valence-corrected chi connectivity index (χ3v) is 8.14. The quantitative estimate of drug-likeness (QED) is 0.363. The lowest BCUT2D eigenvalue weighted by atomic mass is 9.97. The van der Waals surface area contributed by atoms with Gasteiger partial charge in [0.25, 0.3) is 0 Å². The number of aromatic nitrogens is 6. The molecule has 3 atom stereocenters. The second kappa shape index (κ2) is 8.56. The number of hydrogen-bond acceptors (Lipinski definition) is 5. The van der Waals surface area contributed by atoms with Crippen LogP contribution in [0, 0.1) is 0 Å². The maximum Gasteiger partial charge on any atom is 0.329 e. The van der Waals surface area contributed by atoms with Crippen molar-refractivity contribution in [1.82, 2.24) is 28.9 Å². The minimum Gasteiger partial charge on any atom is -0.479 e. The van der Waals surface area contributed by atoms with Crippen molar-refractivity contribution in [3.63, 3.8) is 0 Å². The molecule has 0 spiro atoms. The molecule has 38 heavy (non-hydrogen) atoms. The fourth-order valence-electron chi connectivity index (χ4n) is 6.27. The van der Waals surface area contributed by atoms with Gasteiger partial charge in [-0.25, -0.2) is 14.2 Å². The number of alkyl halides is 1. The monoisotopic (exact) mass is 516 g/mol. The zero-order valence-corrected chi connectivity index (χ0v) is 21.6. The Balaban J connectivity index is 1.62. The summed E-state index contributed by atoms with van der Waals surface area (Å²) in [7, 11) is 5.23. The molecule has 2 unspecified atom stereocenters. The summed E-state index contributed by atoms with van der Waals surface area (Å²) in [5, 5.41) is 5.32. The highest BCUT2D eigenvalue weighted by Crippen LogP contribution is 2.45. The minimum atomic E-state index is -1.11. The van der Waals surface area contributed by atoms with Crippen LogP contribution in [0.2, 0.25) is 0 Å². The molecule has 10 heteroatoms. The average Bonchev–Trinajstić information content (AvgIpc) is 3.68. The highest BCUT2D eigenvalue weighted by atomic mass is 19.1. The Labute approximate surface area is 217 Å². The summed E-state index contributed by atoms with van der Waals surface area (Å²) in [6.07, 6.45) is 5.22. The summed E-state index contributed by atoms with van der Waals surface area (Å²) in [5.41, 5.74) is 6.16. The van der Waals surface area contributed by atoms with Crippen molar-refractivity contribution in [3.8, 4) is 28.3 Å². The zero-order chi connectivity index (χ0) is 26.1. The second-order valence-corrected chi connectivity index (χ2v) is 10.4. The number of aryl methyl sites for hydroxylation is 2. The molecular formula is C28H29FN6O3. The third kappa shape index (κ3) is 3.36. The number of halogens is 1. The number of nitrogens with zero attached hydrogens (tertiary/aromatic N) is 5.